The lowest BCUT2D eigenvalue weighted by Crippen LogP contribution is -2.20. The molecule has 27 heavy (non-hydrogen) atoms. The number of benzene rings is 2. The van der Waals surface area contributed by atoms with Crippen LogP contribution in [-0.4, -0.2) is 22.1 Å². The molecule has 2 aromatic carbocycles. The Morgan fingerprint density at radius 2 is 2.00 bits per heavy atom. The van der Waals surface area contributed by atoms with Gasteiger partial charge in [-0.25, -0.2) is 4.98 Å². The van der Waals surface area contributed by atoms with Crippen molar-refractivity contribution in [3.8, 4) is 5.75 Å². The number of aromatic nitrogens is 2. The summed E-state index contributed by atoms with van der Waals surface area (Å²) < 4.78 is 7.74. The number of para-hydroxylation sites is 1. The van der Waals surface area contributed by atoms with Gasteiger partial charge in [0.15, 0.2) is 6.61 Å². The van der Waals surface area contributed by atoms with E-state index in [4.69, 9.17) is 4.74 Å². The maximum absolute atomic E-state index is 12.2. The van der Waals surface area contributed by atoms with Crippen molar-refractivity contribution in [1.82, 2.24) is 9.55 Å². The second-order valence-corrected chi connectivity index (χ2v) is 6.87. The van der Waals surface area contributed by atoms with Crippen LogP contribution in [-0.2, 0) is 11.3 Å². The minimum atomic E-state index is -0.180. The molecule has 3 rings (SSSR count). The van der Waals surface area contributed by atoms with Crippen LogP contribution in [0.15, 0.2) is 60.9 Å². The molecular weight excluding hydrogens is 338 g/mol. The largest absolute Gasteiger partial charge is 0.483 e. The lowest BCUT2D eigenvalue weighted by Gasteiger charge is -2.12. The van der Waals surface area contributed by atoms with Crippen LogP contribution in [0, 0.1) is 6.92 Å². The number of nitrogens with one attached hydrogen (secondary N) is 1. The second kappa shape index (κ2) is 8.54. The second-order valence-electron chi connectivity index (χ2n) is 6.87. The number of imidazole rings is 1. The Kier molecular flexibility index (Phi) is 5.91. The van der Waals surface area contributed by atoms with E-state index in [1.165, 1.54) is 0 Å². The maximum Gasteiger partial charge on any atom is 0.262 e. The van der Waals surface area contributed by atoms with Gasteiger partial charge < -0.3 is 14.6 Å². The molecule has 1 amide bonds. The summed E-state index contributed by atoms with van der Waals surface area (Å²) in [5.74, 6) is 1.96. The molecule has 0 unspecified atom stereocenters. The number of ether oxygens (including phenoxy) is 1. The molecule has 0 radical (unpaired) electrons. The smallest absolute Gasteiger partial charge is 0.262 e. The lowest BCUT2D eigenvalue weighted by atomic mass is 10.1. The highest BCUT2D eigenvalue weighted by Crippen LogP contribution is 2.18. The molecule has 0 aliphatic heterocycles. The quantitative estimate of drug-likeness (QED) is 0.678. The number of hydrogen-bond donors (Lipinski definition) is 1. The van der Waals surface area contributed by atoms with Crippen molar-refractivity contribution in [2.75, 3.05) is 11.9 Å². The Labute approximate surface area is 160 Å². The molecule has 0 fully saturated rings. The molecule has 5 nitrogen and oxygen atoms in total. The van der Waals surface area contributed by atoms with E-state index in [0.717, 1.165) is 34.9 Å². The summed E-state index contributed by atoms with van der Waals surface area (Å²) in [6.07, 6.45) is 3.81. The Balaban J connectivity index is 1.61. The summed E-state index contributed by atoms with van der Waals surface area (Å²) in [5, 5.41) is 2.90. The highest BCUT2D eigenvalue weighted by Gasteiger charge is 2.09. The lowest BCUT2D eigenvalue weighted by molar-refractivity contribution is -0.118. The van der Waals surface area contributed by atoms with Gasteiger partial charge in [-0.15, -0.1) is 0 Å². The minimum absolute atomic E-state index is 0.0197. The van der Waals surface area contributed by atoms with Crippen LogP contribution in [0.25, 0.3) is 0 Å². The molecule has 0 atom stereocenters. The van der Waals surface area contributed by atoms with Gasteiger partial charge in [-0.3, -0.25) is 4.79 Å². The molecule has 3 aromatic rings. The topological polar surface area (TPSA) is 56.1 Å². The molecule has 0 aliphatic rings. The molecule has 0 saturated heterocycles. The highest BCUT2D eigenvalue weighted by molar-refractivity contribution is 5.91. The Bertz CT molecular complexity index is 915. The number of aryl methyl sites for hydroxylation is 1. The molecule has 0 spiro atoms. The van der Waals surface area contributed by atoms with E-state index in [-0.39, 0.29) is 12.5 Å². The van der Waals surface area contributed by atoms with E-state index in [0.29, 0.717) is 5.92 Å². The molecule has 1 N–H and O–H groups in total. The van der Waals surface area contributed by atoms with Crippen LogP contribution >= 0.6 is 0 Å². The predicted octanol–water partition coefficient (Wildman–Crippen LogP) is 4.38. The average Bonchev–Trinajstić information content (AvgIpc) is 3.10. The number of carbonyl (C=O) groups is 1. The summed E-state index contributed by atoms with van der Waals surface area (Å²) >= 11 is 0. The Hall–Kier alpha value is -3.08. The fourth-order valence-electron chi connectivity index (χ4n) is 2.96. The van der Waals surface area contributed by atoms with Gasteiger partial charge in [0.1, 0.15) is 11.6 Å². The fraction of sp³-hybridized carbons (Fsp3) is 0.273. The van der Waals surface area contributed by atoms with Gasteiger partial charge in [0, 0.05) is 30.5 Å². The third kappa shape index (κ3) is 4.97. The molecular formula is C22H25N3O2. The Morgan fingerprint density at radius 1 is 1.19 bits per heavy atom. The molecule has 0 aliphatic carbocycles. The monoisotopic (exact) mass is 363 g/mol. The normalized spacial score (nSPS) is 10.8. The van der Waals surface area contributed by atoms with Crippen molar-refractivity contribution in [3.05, 3.63) is 77.9 Å². The van der Waals surface area contributed by atoms with Crippen LogP contribution < -0.4 is 10.1 Å². The number of nitrogens with zero attached hydrogens (tertiary/aromatic N) is 2. The highest BCUT2D eigenvalue weighted by atomic mass is 16.5. The zero-order valence-electron chi connectivity index (χ0n) is 16.0. The van der Waals surface area contributed by atoms with Gasteiger partial charge in [-0.2, -0.15) is 0 Å². The van der Waals surface area contributed by atoms with Gasteiger partial charge in [-0.05, 0) is 36.2 Å². The standard InChI is InChI=1S/C22H25N3O2/c1-16(2)22-23-11-12-25(22)14-18-8-6-9-19(13-18)24-21(26)15-27-20-10-5-4-7-17(20)3/h4-13,16H,14-15H2,1-3H3,(H,24,26). The minimum Gasteiger partial charge on any atom is -0.483 e. The first kappa shape index (κ1) is 18.7. The van der Waals surface area contributed by atoms with Gasteiger partial charge in [-0.1, -0.05) is 44.2 Å². The summed E-state index contributed by atoms with van der Waals surface area (Å²) in [6.45, 7) is 6.91. The third-order valence-corrected chi connectivity index (χ3v) is 4.28. The zero-order chi connectivity index (χ0) is 19.2. The number of rotatable bonds is 7. The van der Waals surface area contributed by atoms with Crippen LogP contribution in [0.4, 0.5) is 5.69 Å². The van der Waals surface area contributed by atoms with Crippen LogP contribution in [0.2, 0.25) is 0 Å². The van der Waals surface area contributed by atoms with E-state index in [9.17, 15) is 4.79 Å². The summed E-state index contributed by atoms with van der Waals surface area (Å²) in [5.41, 5.74) is 2.87. The first-order chi connectivity index (χ1) is 13.0. The van der Waals surface area contributed by atoms with E-state index in [1.807, 2.05) is 67.8 Å². The summed E-state index contributed by atoms with van der Waals surface area (Å²) in [6, 6.07) is 15.5. The first-order valence-electron chi connectivity index (χ1n) is 9.11. The van der Waals surface area contributed by atoms with Crippen molar-refractivity contribution < 1.29 is 9.53 Å². The fourth-order valence-corrected chi connectivity index (χ4v) is 2.96. The van der Waals surface area contributed by atoms with Gasteiger partial charge in [0.25, 0.3) is 5.91 Å². The predicted molar refractivity (Wildman–Crippen MR) is 107 cm³/mol. The first-order valence-corrected chi connectivity index (χ1v) is 9.11. The third-order valence-electron chi connectivity index (χ3n) is 4.28. The Morgan fingerprint density at radius 3 is 2.78 bits per heavy atom. The van der Waals surface area contributed by atoms with Crippen molar-refractivity contribution in [1.29, 1.82) is 0 Å². The number of anilines is 1. The van der Waals surface area contributed by atoms with Crippen molar-refractivity contribution in [2.24, 2.45) is 0 Å². The van der Waals surface area contributed by atoms with Crippen LogP contribution in [0.1, 0.15) is 36.7 Å². The number of carbonyl (C=O) groups excluding carboxylic acids is 1. The molecule has 0 bridgehead atoms. The van der Waals surface area contributed by atoms with Crippen molar-refractivity contribution >= 4 is 11.6 Å². The zero-order valence-corrected chi connectivity index (χ0v) is 16.0. The van der Waals surface area contributed by atoms with Crippen LogP contribution in [0.3, 0.4) is 0 Å². The van der Waals surface area contributed by atoms with Crippen molar-refractivity contribution in [2.45, 2.75) is 33.2 Å². The average molecular weight is 363 g/mol. The van der Waals surface area contributed by atoms with E-state index >= 15 is 0 Å². The van der Waals surface area contributed by atoms with Gasteiger partial charge >= 0.3 is 0 Å². The molecule has 0 saturated carbocycles. The van der Waals surface area contributed by atoms with Gasteiger partial charge in [0.05, 0.1) is 0 Å². The van der Waals surface area contributed by atoms with E-state index in [2.05, 4.69) is 28.7 Å². The van der Waals surface area contributed by atoms with E-state index in [1.54, 1.807) is 0 Å². The molecule has 1 aromatic heterocycles. The summed E-state index contributed by atoms with van der Waals surface area (Å²) in [4.78, 5) is 16.6. The van der Waals surface area contributed by atoms with E-state index < -0.39 is 0 Å². The number of hydrogen-bond acceptors (Lipinski definition) is 3. The molecule has 140 valence electrons. The summed E-state index contributed by atoms with van der Waals surface area (Å²) in [7, 11) is 0. The van der Waals surface area contributed by atoms with Gasteiger partial charge in [0.2, 0.25) is 0 Å². The molecule has 1 heterocycles. The maximum atomic E-state index is 12.2. The SMILES string of the molecule is Cc1ccccc1OCC(=O)Nc1cccc(Cn2ccnc2C(C)C)c1. The van der Waals surface area contributed by atoms with Crippen molar-refractivity contribution in [3.63, 3.8) is 0 Å². The number of amides is 1. The molecule has 5 heteroatoms. The van der Waals surface area contributed by atoms with Crippen LogP contribution in [0.5, 0.6) is 5.75 Å².